The van der Waals surface area contributed by atoms with Crippen LogP contribution in [0.3, 0.4) is 0 Å². The SMILES string of the molecule is CC1(C)CCN(c2ccc(S(N)(=O)=O)cc2C(=O)O)C1. The van der Waals surface area contributed by atoms with Gasteiger partial charge >= 0.3 is 5.97 Å². The second-order valence-corrected chi connectivity index (χ2v) is 7.43. The van der Waals surface area contributed by atoms with E-state index in [1.807, 2.05) is 4.90 Å². The Kier molecular flexibility index (Phi) is 3.51. The van der Waals surface area contributed by atoms with E-state index in [0.717, 1.165) is 25.6 Å². The van der Waals surface area contributed by atoms with Crippen LogP contribution in [0.4, 0.5) is 5.69 Å². The number of aromatic carboxylic acids is 1. The van der Waals surface area contributed by atoms with Gasteiger partial charge in [-0.2, -0.15) is 0 Å². The van der Waals surface area contributed by atoms with Crippen molar-refractivity contribution >= 4 is 21.7 Å². The highest BCUT2D eigenvalue weighted by Crippen LogP contribution is 2.34. The van der Waals surface area contributed by atoms with E-state index in [2.05, 4.69) is 13.8 Å². The van der Waals surface area contributed by atoms with E-state index in [4.69, 9.17) is 5.14 Å². The van der Waals surface area contributed by atoms with Crippen LogP contribution in [0.15, 0.2) is 23.1 Å². The van der Waals surface area contributed by atoms with Crippen molar-refractivity contribution in [2.24, 2.45) is 10.6 Å². The Morgan fingerprint density at radius 1 is 1.40 bits per heavy atom. The summed E-state index contributed by atoms with van der Waals surface area (Å²) in [6.45, 7) is 5.72. The molecule has 0 saturated carbocycles. The number of nitrogens with zero attached hydrogens (tertiary/aromatic N) is 1. The fourth-order valence-electron chi connectivity index (χ4n) is 2.46. The van der Waals surface area contributed by atoms with Crippen LogP contribution in [0.5, 0.6) is 0 Å². The standard InChI is InChI=1S/C13H18N2O4S/c1-13(2)5-6-15(8-13)11-4-3-9(20(14,18)19)7-10(11)12(16)17/h3-4,7H,5-6,8H2,1-2H3,(H,16,17)(H2,14,18,19). The first-order chi connectivity index (χ1) is 9.10. The van der Waals surface area contributed by atoms with Gasteiger partial charge in [-0.3, -0.25) is 0 Å². The van der Waals surface area contributed by atoms with Crippen LogP contribution in [0.2, 0.25) is 0 Å². The first-order valence-electron chi connectivity index (χ1n) is 6.25. The first kappa shape index (κ1) is 14.8. The van der Waals surface area contributed by atoms with Crippen molar-refractivity contribution in [1.29, 1.82) is 0 Å². The van der Waals surface area contributed by atoms with E-state index in [1.165, 1.54) is 12.1 Å². The number of rotatable bonds is 3. The molecule has 1 saturated heterocycles. The summed E-state index contributed by atoms with van der Waals surface area (Å²) in [6.07, 6.45) is 0.961. The molecule has 1 aromatic carbocycles. The van der Waals surface area contributed by atoms with Gasteiger partial charge in [-0.05, 0) is 30.0 Å². The molecule has 0 aliphatic carbocycles. The van der Waals surface area contributed by atoms with Crippen molar-refractivity contribution in [3.63, 3.8) is 0 Å². The molecule has 0 amide bonds. The molecule has 110 valence electrons. The third-order valence-electron chi connectivity index (χ3n) is 3.55. The molecular weight excluding hydrogens is 280 g/mol. The summed E-state index contributed by atoms with van der Waals surface area (Å²) in [5.74, 6) is -1.16. The largest absolute Gasteiger partial charge is 0.478 e. The van der Waals surface area contributed by atoms with Gasteiger partial charge in [0.1, 0.15) is 0 Å². The molecular formula is C13H18N2O4S. The van der Waals surface area contributed by atoms with Gasteiger partial charge < -0.3 is 10.0 Å². The van der Waals surface area contributed by atoms with Crippen molar-refractivity contribution < 1.29 is 18.3 Å². The molecule has 0 unspecified atom stereocenters. The molecule has 1 aromatic rings. The number of hydrogen-bond donors (Lipinski definition) is 2. The van der Waals surface area contributed by atoms with Crippen LogP contribution in [-0.4, -0.2) is 32.6 Å². The van der Waals surface area contributed by atoms with Gasteiger partial charge in [-0.15, -0.1) is 0 Å². The summed E-state index contributed by atoms with van der Waals surface area (Å²) in [4.78, 5) is 13.1. The monoisotopic (exact) mass is 298 g/mol. The Labute approximate surface area is 118 Å². The highest BCUT2D eigenvalue weighted by molar-refractivity contribution is 7.89. The van der Waals surface area contributed by atoms with Crippen molar-refractivity contribution in [3.8, 4) is 0 Å². The number of carboxylic acids is 1. The van der Waals surface area contributed by atoms with Gasteiger partial charge in [0.15, 0.2) is 0 Å². The third kappa shape index (κ3) is 2.94. The minimum atomic E-state index is -3.90. The minimum absolute atomic E-state index is 0.0331. The van der Waals surface area contributed by atoms with Crippen molar-refractivity contribution in [1.82, 2.24) is 0 Å². The lowest BCUT2D eigenvalue weighted by Crippen LogP contribution is -2.25. The van der Waals surface area contributed by atoms with Crippen LogP contribution in [0.1, 0.15) is 30.6 Å². The maximum atomic E-state index is 11.4. The Morgan fingerprint density at radius 2 is 2.05 bits per heavy atom. The van der Waals surface area contributed by atoms with Crippen molar-refractivity contribution in [3.05, 3.63) is 23.8 Å². The van der Waals surface area contributed by atoms with Crippen molar-refractivity contribution in [2.45, 2.75) is 25.2 Å². The zero-order valence-corrected chi connectivity index (χ0v) is 12.3. The Balaban J connectivity index is 2.47. The summed E-state index contributed by atoms with van der Waals surface area (Å²) in [5, 5.41) is 14.3. The highest BCUT2D eigenvalue weighted by Gasteiger charge is 2.31. The van der Waals surface area contributed by atoms with Crippen LogP contribution < -0.4 is 10.0 Å². The zero-order valence-electron chi connectivity index (χ0n) is 11.5. The molecule has 2 rings (SSSR count). The number of sulfonamides is 1. The molecule has 1 fully saturated rings. The molecule has 1 heterocycles. The highest BCUT2D eigenvalue weighted by atomic mass is 32.2. The molecule has 0 atom stereocenters. The van der Waals surface area contributed by atoms with Crippen LogP contribution >= 0.6 is 0 Å². The fourth-order valence-corrected chi connectivity index (χ4v) is 3.00. The van der Waals surface area contributed by atoms with Crippen LogP contribution in [-0.2, 0) is 10.0 Å². The van der Waals surface area contributed by atoms with Gasteiger partial charge in [-0.1, -0.05) is 13.8 Å². The Bertz CT molecular complexity index is 652. The van der Waals surface area contributed by atoms with Gasteiger partial charge in [0.2, 0.25) is 10.0 Å². The van der Waals surface area contributed by atoms with E-state index < -0.39 is 16.0 Å². The average Bonchev–Trinajstić information content (AvgIpc) is 2.67. The zero-order chi connectivity index (χ0) is 15.1. The molecule has 1 aliphatic rings. The second-order valence-electron chi connectivity index (χ2n) is 5.86. The number of benzene rings is 1. The van der Waals surface area contributed by atoms with E-state index in [-0.39, 0.29) is 15.9 Å². The number of hydrogen-bond acceptors (Lipinski definition) is 4. The lowest BCUT2D eigenvalue weighted by Gasteiger charge is -2.23. The predicted molar refractivity (Wildman–Crippen MR) is 75.4 cm³/mol. The number of carboxylic acid groups (broad SMARTS) is 1. The topological polar surface area (TPSA) is 101 Å². The summed E-state index contributed by atoms with van der Waals surface area (Å²) >= 11 is 0. The molecule has 0 bridgehead atoms. The Hall–Kier alpha value is -1.60. The predicted octanol–water partition coefficient (Wildman–Crippen LogP) is 1.27. The Morgan fingerprint density at radius 3 is 2.50 bits per heavy atom. The molecule has 3 N–H and O–H groups in total. The van der Waals surface area contributed by atoms with Gasteiger partial charge in [0.25, 0.3) is 0 Å². The summed E-state index contributed by atoms with van der Waals surface area (Å²) in [6, 6.07) is 3.99. The molecule has 0 aromatic heterocycles. The van der Waals surface area contributed by atoms with Gasteiger partial charge in [0, 0.05) is 13.1 Å². The molecule has 7 heteroatoms. The number of anilines is 1. The number of nitrogens with two attached hydrogens (primary N) is 1. The maximum absolute atomic E-state index is 11.4. The lowest BCUT2D eigenvalue weighted by atomic mass is 9.93. The molecule has 1 aliphatic heterocycles. The molecule has 6 nitrogen and oxygen atoms in total. The van der Waals surface area contributed by atoms with Crippen molar-refractivity contribution in [2.75, 3.05) is 18.0 Å². The van der Waals surface area contributed by atoms with Gasteiger partial charge in [0.05, 0.1) is 16.1 Å². The fraction of sp³-hybridized carbons (Fsp3) is 0.462. The lowest BCUT2D eigenvalue weighted by molar-refractivity contribution is 0.0697. The summed E-state index contributed by atoms with van der Waals surface area (Å²) in [5.41, 5.74) is 0.624. The quantitative estimate of drug-likeness (QED) is 0.875. The molecule has 0 spiro atoms. The molecule has 20 heavy (non-hydrogen) atoms. The number of primary sulfonamides is 1. The minimum Gasteiger partial charge on any atom is -0.478 e. The van der Waals surface area contributed by atoms with E-state index >= 15 is 0 Å². The van der Waals surface area contributed by atoms with Crippen LogP contribution in [0, 0.1) is 5.41 Å². The van der Waals surface area contributed by atoms with Crippen LogP contribution in [0.25, 0.3) is 0 Å². The van der Waals surface area contributed by atoms with Gasteiger partial charge in [-0.25, -0.2) is 18.4 Å². The smallest absolute Gasteiger partial charge is 0.337 e. The molecule has 0 radical (unpaired) electrons. The number of carbonyl (C=O) groups is 1. The van der Waals surface area contributed by atoms with E-state index in [0.29, 0.717) is 5.69 Å². The first-order valence-corrected chi connectivity index (χ1v) is 7.80. The van der Waals surface area contributed by atoms with E-state index in [1.54, 1.807) is 0 Å². The average molecular weight is 298 g/mol. The second kappa shape index (κ2) is 4.75. The maximum Gasteiger partial charge on any atom is 0.337 e. The summed E-state index contributed by atoms with van der Waals surface area (Å²) in [7, 11) is -3.90. The summed E-state index contributed by atoms with van der Waals surface area (Å²) < 4.78 is 22.6. The third-order valence-corrected chi connectivity index (χ3v) is 4.46. The normalized spacial score (nSPS) is 18.2. The van der Waals surface area contributed by atoms with E-state index in [9.17, 15) is 18.3 Å².